The number of hydrogen-bond donors (Lipinski definition) is 1. The van der Waals surface area contributed by atoms with E-state index in [1.807, 2.05) is 13.0 Å². The van der Waals surface area contributed by atoms with Crippen molar-refractivity contribution in [3.8, 4) is 0 Å². The third kappa shape index (κ3) is 2.22. The Bertz CT molecular complexity index is 669. The Morgan fingerprint density at radius 2 is 2.05 bits per heavy atom. The molecule has 1 aromatic carbocycles. The van der Waals surface area contributed by atoms with Crippen LogP contribution in [0.25, 0.3) is 16.5 Å². The molecule has 0 fully saturated rings. The third-order valence-corrected chi connectivity index (χ3v) is 3.58. The monoisotopic (exact) mass is 281 g/mol. The summed E-state index contributed by atoms with van der Waals surface area (Å²) in [5, 5.41) is 3.40. The average Bonchev–Trinajstić information content (AvgIpc) is 2.85. The molecular weight excluding hydrogens is 267 g/mol. The van der Waals surface area contributed by atoms with Gasteiger partial charge in [-0.15, -0.1) is 0 Å². The lowest BCUT2D eigenvalue weighted by Gasteiger charge is -2.20. The van der Waals surface area contributed by atoms with Crippen molar-refractivity contribution in [1.82, 2.24) is 5.32 Å². The van der Waals surface area contributed by atoms with Gasteiger partial charge in [0.25, 0.3) is 0 Å². The maximum atomic E-state index is 13.0. The van der Waals surface area contributed by atoms with Crippen LogP contribution >= 0.6 is 0 Å². The molecule has 0 amide bonds. The second-order valence-electron chi connectivity index (χ2n) is 5.01. The van der Waals surface area contributed by atoms with Crippen molar-refractivity contribution in [2.75, 3.05) is 6.54 Å². The fourth-order valence-corrected chi connectivity index (χ4v) is 2.67. The Balaban J connectivity index is 2.17. The molecule has 0 saturated carbocycles. The quantitative estimate of drug-likeness (QED) is 0.846. The number of fused-ring (bicyclic) bond motifs is 1. The van der Waals surface area contributed by atoms with Gasteiger partial charge in [-0.2, -0.15) is 13.2 Å². The molecular formula is C15H14F3NO. The molecule has 1 aromatic heterocycles. The van der Waals surface area contributed by atoms with Gasteiger partial charge >= 0.3 is 6.18 Å². The molecule has 1 N–H and O–H groups in total. The maximum absolute atomic E-state index is 13.0. The van der Waals surface area contributed by atoms with Crippen LogP contribution in [0.4, 0.5) is 13.2 Å². The van der Waals surface area contributed by atoms with Crippen molar-refractivity contribution in [2.45, 2.75) is 25.6 Å². The molecule has 2 aromatic rings. The van der Waals surface area contributed by atoms with Crippen LogP contribution < -0.4 is 5.32 Å². The van der Waals surface area contributed by atoms with Gasteiger partial charge in [-0.1, -0.05) is 12.1 Å². The molecule has 1 aliphatic heterocycles. The summed E-state index contributed by atoms with van der Waals surface area (Å²) in [5.41, 5.74) is 1.46. The predicted molar refractivity (Wildman–Crippen MR) is 71.3 cm³/mol. The van der Waals surface area contributed by atoms with Gasteiger partial charge in [0, 0.05) is 17.0 Å². The van der Waals surface area contributed by atoms with E-state index in [1.54, 1.807) is 0 Å². The molecule has 0 radical (unpaired) electrons. The fourth-order valence-electron chi connectivity index (χ4n) is 2.67. The summed E-state index contributed by atoms with van der Waals surface area (Å²) < 4.78 is 44.2. The van der Waals surface area contributed by atoms with Gasteiger partial charge in [0.1, 0.15) is 5.58 Å². The van der Waals surface area contributed by atoms with E-state index in [0.29, 0.717) is 5.58 Å². The second-order valence-corrected chi connectivity index (χ2v) is 5.01. The van der Waals surface area contributed by atoms with Crippen molar-refractivity contribution < 1.29 is 17.6 Å². The normalized spacial score (nSPS) is 20.2. The highest BCUT2D eigenvalue weighted by atomic mass is 19.4. The summed E-state index contributed by atoms with van der Waals surface area (Å²) in [6.07, 6.45) is -0.232. The van der Waals surface area contributed by atoms with E-state index in [4.69, 9.17) is 4.42 Å². The molecule has 2 heterocycles. The molecule has 1 aliphatic rings. The molecule has 20 heavy (non-hydrogen) atoms. The minimum atomic E-state index is -4.36. The first-order chi connectivity index (χ1) is 9.47. The minimum absolute atomic E-state index is 0.127. The molecule has 1 atom stereocenters. The number of furan rings is 1. The lowest BCUT2D eigenvalue weighted by Crippen LogP contribution is -2.29. The largest absolute Gasteiger partial charge is 0.464 e. The summed E-state index contributed by atoms with van der Waals surface area (Å²) in [6, 6.07) is 4.25. The molecule has 3 rings (SSSR count). The predicted octanol–water partition coefficient (Wildman–Crippen LogP) is 4.22. The number of alkyl halides is 3. The number of halogens is 3. The van der Waals surface area contributed by atoms with Crippen LogP contribution in [0.5, 0.6) is 0 Å². The smallest absolute Gasteiger partial charge is 0.417 e. The lowest BCUT2D eigenvalue weighted by molar-refractivity contribution is -0.136. The van der Waals surface area contributed by atoms with Crippen molar-refractivity contribution in [2.24, 2.45) is 0 Å². The SMILES string of the molecule is CC1C=C(c2ccc(C(F)(F)F)c3ccoc23)CCN1. The first kappa shape index (κ1) is 13.2. The summed E-state index contributed by atoms with van der Waals surface area (Å²) in [5.74, 6) is 0. The number of rotatable bonds is 1. The van der Waals surface area contributed by atoms with Crippen molar-refractivity contribution in [3.63, 3.8) is 0 Å². The molecule has 0 aliphatic carbocycles. The van der Waals surface area contributed by atoms with Crippen LogP contribution in [0.2, 0.25) is 0 Å². The van der Waals surface area contributed by atoms with Crippen LogP contribution in [0, 0.1) is 0 Å². The van der Waals surface area contributed by atoms with Crippen molar-refractivity contribution >= 4 is 16.5 Å². The zero-order valence-electron chi connectivity index (χ0n) is 10.9. The van der Waals surface area contributed by atoms with E-state index in [9.17, 15) is 13.2 Å². The van der Waals surface area contributed by atoms with Gasteiger partial charge in [-0.05, 0) is 37.6 Å². The Morgan fingerprint density at radius 3 is 2.75 bits per heavy atom. The van der Waals surface area contributed by atoms with E-state index >= 15 is 0 Å². The van der Waals surface area contributed by atoms with E-state index in [0.717, 1.165) is 30.2 Å². The Hall–Kier alpha value is -1.75. The van der Waals surface area contributed by atoms with Crippen molar-refractivity contribution in [3.05, 3.63) is 41.7 Å². The third-order valence-electron chi connectivity index (χ3n) is 3.58. The van der Waals surface area contributed by atoms with Gasteiger partial charge in [0.05, 0.1) is 11.8 Å². The Morgan fingerprint density at radius 1 is 1.25 bits per heavy atom. The molecule has 0 spiro atoms. The minimum Gasteiger partial charge on any atom is -0.464 e. The number of hydrogen-bond acceptors (Lipinski definition) is 2. The maximum Gasteiger partial charge on any atom is 0.417 e. The molecule has 0 saturated heterocycles. The van der Waals surface area contributed by atoms with Crippen molar-refractivity contribution in [1.29, 1.82) is 0 Å². The van der Waals surface area contributed by atoms with Gasteiger partial charge in [0.15, 0.2) is 0 Å². The lowest BCUT2D eigenvalue weighted by atomic mass is 9.94. The molecule has 1 unspecified atom stereocenters. The van der Waals surface area contributed by atoms with Gasteiger partial charge in [-0.3, -0.25) is 0 Å². The van der Waals surface area contributed by atoms with Gasteiger partial charge in [-0.25, -0.2) is 0 Å². The van der Waals surface area contributed by atoms with E-state index in [1.165, 1.54) is 18.4 Å². The Labute approximate surface area is 114 Å². The zero-order valence-corrected chi connectivity index (χ0v) is 10.9. The average molecular weight is 281 g/mol. The highest BCUT2D eigenvalue weighted by molar-refractivity contribution is 5.92. The number of benzene rings is 1. The standard InChI is InChI=1S/C15H14F3NO/c1-9-8-10(4-6-19-9)11-2-3-13(15(16,17)18)12-5-7-20-14(11)12/h2-3,5,7-9,19H,4,6H2,1H3. The molecule has 2 nitrogen and oxygen atoms in total. The van der Waals surface area contributed by atoms with Crippen LogP contribution in [0.3, 0.4) is 0 Å². The summed E-state index contributed by atoms with van der Waals surface area (Å²) in [6.45, 7) is 2.83. The highest BCUT2D eigenvalue weighted by Gasteiger charge is 2.33. The highest BCUT2D eigenvalue weighted by Crippen LogP contribution is 2.38. The van der Waals surface area contributed by atoms with Crippen LogP contribution in [0.15, 0.2) is 35.0 Å². The summed E-state index contributed by atoms with van der Waals surface area (Å²) in [7, 11) is 0. The van der Waals surface area contributed by atoms with Crippen LogP contribution in [-0.2, 0) is 6.18 Å². The summed E-state index contributed by atoms with van der Waals surface area (Å²) in [4.78, 5) is 0. The topological polar surface area (TPSA) is 25.2 Å². The van der Waals surface area contributed by atoms with Gasteiger partial charge < -0.3 is 9.73 Å². The second kappa shape index (κ2) is 4.66. The first-order valence-electron chi connectivity index (χ1n) is 6.48. The summed E-state index contributed by atoms with van der Waals surface area (Å²) >= 11 is 0. The zero-order chi connectivity index (χ0) is 14.3. The first-order valence-corrected chi connectivity index (χ1v) is 6.48. The van der Waals surface area contributed by atoms with Crippen LogP contribution in [0.1, 0.15) is 24.5 Å². The molecule has 106 valence electrons. The number of nitrogens with one attached hydrogen (secondary N) is 1. The van der Waals surface area contributed by atoms with E-state index in [-0.39, 0.29) is 11.4 Å². The fraction of sp³-hybridized carbons (Fsp3) is 0.333. The van der Waals surface area contributed by atoms with Crippen LogP contribution in [-0.4, -0.2) is 12.6 Å². The molecule has 0 bridgehead atoms. The molecule has 5 heteroatoms. The van der Waals surface area contributed by atoms with E-state index in [2.05, 4.69) is 5.32 Å². The van der Waals surface area contributed by atoms with E-state index < -0.39 is 11.7 Å². The van der Waals surface area contributed by atoms with Gasteiger partial charge in [0.2, 0.25) is 0 Å². The Kier molecular flexibility index (Phi) is 3.09.